The van der Waals surface area contributed by atoms with Crippen LogP contribution in [0.3, 0.4) is 0 Å². The number of aliphatic carboxylic acids is 1. The van der Waals surface area contributed by atoms with Crippen LogP contribution in [0.15, 0.2) is 18.7 Å². The average Bonchev–Trinajstić information content (AvgIpc) is 3.38. The highest BCUT2D eigenvalue weighted by Crippen LogP contribution is 2.34. The minimum absolute atomic E-state index is 0.0111. The molecular weight excluding hydrogens is 447 g/mol. The average molecular weight is 473 g/mol. The molecule has 0 aromatic carbocycles. The van der Waals surface area contributed by atoms with E-state index in [0.29, 0.717) is 25.5 Å². The van der Waals surface area contributed by atoms with Gasteiger partial charge in [-0.15, -0.1) is 0 Å². The third-order valence-corrected chi connectivity index (χ3v) is 5.48. The first-order valence-corrected chi connectivity index (χ1v) is 10.3. The summed E-state index contributed by atoms with van der Waals surface area (Å²) in [5.74, 6) is -2.75. The number of aromatic amines is 1. The summed E-state index contributed by atoms with van der Waals surface area (Å²) in [6.07, 6.45) is 2.18. The van der Waals surface area contributed by atoms with E-state index < -0.39 is 12.1 Å². The van der Waals surface area contributed by atoms with Crippen molar-refractivity contribution in [3.63, 3.8) is 0 Å². The van der Waals surface area contributed by atoms with E-state index >= 15 is 0 Å². The molecule has 4 heterocycles. The SMILES string of the molecule is Cn1cnc(C(=O)N2CCCC3(COCCN(Cc4cn[nH]n4)C3)C2)c1.O=C(O)C(F)(F)F. The first-order valence-electron chi connectivity index (χ1n) is 10.3. The standard InChI is InChI=1S/C17H25N7O2.C2HF3O2/c1-22-9-15(18-13-22)16(25)24-4-2-3-17(11-24)10-23(5-6-26-12-17)8-14-7-19-21-20-14;3-2(4,5)1(6)7/h7,9,13H,2-6,8,10-12H2,1H3,(H,19,20,21);(H,6,7). The van der Waals surface area contributed by atoms with E-state index in [1.165, 1.54) is 0 Å². The Bertz CT molecular complexity index is 934. The fourth-order valence-electron chi connectivity index (χ4n) is 4.06. The molecule has 2 N–H and O–H groups in total. The normalized spacial score (nSPS) is 21.9. The first kappa shape index (κ1) is 24.6. The highest BCUT2D eigenvalue weighted by Gasteiger charge is 2.41. The van der Waals surface area contributed by atoms with Gasteiger partial charge in [-0.1, -0.05) is 0 Å². The van der Waals surface area contributed by atoms with Crippen LogP contribution in [-0.4, -0.2) is 97.3 Å². The van der Waals surface area contributed by atoms with Gasteiger partial charge in [-0.25, -0.2) is 9.78 Å². The maximum Gasteiger partial charge on any atom is 0.490 e. The molecule has 2 saturated heterocycles. The summed E-state index contributed by atoms with van der Waals surface area (Å²) >= 11 is 0. The van der Waals surface area contributed by atoms with Gasteiger partial charge in [-0.2, -0.15) is 28.6 Å². The highest BCUT2D eigenvalue weighted by molar-refractivity contribution is 5.92. The number of carboxylic acids is 1. The number of rotatable bonds is 3. The second kappa shape index (κ2) is 10.3. The van der Waals surface area contributed by atoms with Crippen LogP contribution in [0.25, 0.3) is 0 Å². The minimum Gasteiger partial charge on any atom is -0.475 e. The molecule has 1 spiro atoms. The summed E-state index contributed by atoms with van der Waals surface area (Å²) in [4.78, 5) is 30.3. The molecule has 14 heteroatoms. The second-order valence-electron chi connectivity index (χ2n) is 8.28. The molecule has 0 saturated carbocycles. The lowest BCUT2D eigenvalue weighted by atomic mass is 9.80. The predicted molar refractivity (Wildman–Crippen MR) is 107 cm³/mol. The number of carbonyl (C=O) groups is 2. The lowest BCUT2D eigenvalue weighted by Gasteiger charge is -2.43. The Morgan fingerprint density at radius 3 is 2.67 bits per heavy atom. The molecule has 1 amide bonds. The second-order valence-corrected chi connectivity index (χ2v) is 8.28. The fraction of sp³-hybridized carbons (Fsp3) is 0.632. The number of nitrogens with zero attached hydrogens (tertiary/aromatic N) is 6. The summed E-state index contributed by atoms with van der Waals surface area (Å²) in [5.41, 5.74) is 1.40. The summed E-state index contributed by atoms with van der Waals surface area (Å²) in [6, 6.07) is 0. The number of halogens is 3. The van der Waals surface area contributed by atoms with Gasteiger partial charge in [0.2, 0.25) is 0 Å². The maximum absolute atomic E-state index is 12.8. The zero-order valence-electron chi connectivity index (χ0n) is 18.1. The van der Waals surface area contributed by atoms with Gasteiger partial charge in [0, 0.05) is 51.4 Å². The molecule has 0 bridgehead atoms. The lowest BCUT2D eigenvalue weighted by Crippen LogP contribution is -2.52. The Kier molecular flexibility index (Phi) is 7.68. The molecule has 2 aliphatic rings. The van der Waals surface area contributed by atoms with Crippen molar-refractivity contribution in [2.75, 3.05) is 39.4 Å². The zero-order valence-corrected chi connectivity index (χ0v) is 18.1. The Morgan fingerprint density at radius 1 is 1.30 bits per heavy atom. The number of aryl methyl sites for hydroxylation is 1. The molecule has 1 atom stereocenters. The van der Waals surface area contributed by atoms with Gasteiger partial charge in [0.25, 0.3) is 5.91 Å². The number of likely N-dealkylation sites (tertiary alicyclic amines) is 1. The third kappa shape index (κ3) is 6.74. The number of ether oxygens (including phenoxy) is 1. The van der Waals surface area contributed by atoms with E-state index in [1.807, 2.05) is 11.9 Å². The molecule has 11 nitrogen and oxygen atoms in total. The van der Waals surface area contributed by atoms with E-state index in [0.717, 1.165) is 44.7 Å². The highest BCUT2D eigenvalue weighted by atomic mass is 19.4. The van der Waals surface area contributed by atoms with E-state index in [2.05, 4.69) is 25.3 Å². The molecule has 4 rings (SSSR count). The van der Waals surface area contributed by atoms with Crippen LogP contribution in [0, 0.1) is 5.41 Å². The molecule has 182 valence electrons. The van der Waals surface area contributed by atoms with Gasteiger partial charge in [-0.05, 0) is 12.8 Å². The number of hydrogen-bond donors (Lipinski definition) is 2. The number of H-pyrrole nitrogens is 1. The van der Waals surface area contributed by atoms with Gasteiger partial charge >= 0.3 is 12.1 Å². The summed E-state index contributed by atoms with van der Waals surface area (Å²) in [5, 5.41) is 17.8. The molecule has 2 fully saturated rings. The molecule has 0 radical (unpaired) electrons. The number of nitrogens with one attached hydrogen (secondary N) is 1. The minimum atomic E-state index is -5.08. The van der Waals surface area contributed by atoms with E-state index in [9.17, 15) is 18.0 Å². The van der Waals surface area contributed by atoms with Crippen LogP contribution in [0.5, 0.6) is 0 Å². The number of imidazole rings is 1. The van der Waals surface area contributed by atoms with E-state index in [4.69, 9.17) is 14.6 Å². The topological polar surface area (TPSA) is 129 Å². The lowest BCUT2D eigenvalue weighted by molar-refractivity contribution is -0.192. The van der Waals surface area contributed by atoms with Crippen molar-refractivity contribution in [1.29, 1.82) is 0 Å². The van der Waals surface area contributed by atoms with Gasteiger partial charge in [-0.3, -0.25) is 9.69 Å². The number of piperidine rings is 1. The Labute approximate surface area is 187 Å². The van der Waals surface area contributed by atoms with Crippen LogP contribution in [0.1, 0.15) is 29.0 Å². The summed E-state index contributed by atoms with van der Waals surface area (Å²) in [6.45, 7) is 5.38. The number of aromatic nitrogens is 5. The first-order chi connectivity index (χ1) is 15.6. The Balaban J connectivity index is 0.000000383. The predicted octanol–water partition coefficient (Wildman–Crippen LogP) is 0.926. The van der Waals surface area contributed by atoms with Crippen molar-refractivity contribution in [2.45, 2.75) is 25.6 Å². The smallest absolute Gasteiger partial charge is 0.475 e. The zero-order chi connectivity index (χ0) is 24.1. The Morgan fingerprint density at radius 2 is 2.06 bits per heavy atom. The monoisotopic (exact) mass is 473 g/mol. The molecule has 33 heavy (non-hydrogen) atoms. The van der Waals surface area contributed by atoms with Crippen molar-refractivity contribution in [2.24, 2.45) is 12.5 Å². The van der Waals surface area contributed by atoms with Crippen molar-refractivity contribution < 1.29 is 32.6 Å². The third-order valence-electron chi connectivity index (χ3n) is 5.48. The van der Waals surface area contributed by atoms with Gasteiger partial charge in [0.05, 0.1) is 31.4 Å². The molecule has 2 aromatic heterocycles. The number of amides is 1. The number of carbonyl (C=O) groups excluding carboxylic acids is 1. The Hall–Kier alpha value is -3.00. The number of alkyl halides is 3. The van der Waals surface area contributed by atoms with Crippen LogP contribution >= 0.6 is 0 Å². The number of carboxylic acid groups (broad SMARTS) is 1. The van der Waals surface area contributed by atoms with Gasteiger partial charge in [0.15, 0.2) is 0 Å². The number of hydrogen-bond acceptors (Lipinski definition) is 7. The largest absolute Gasteiger partial charge is 0.490 e. The van der Waals surface area contributed by atoms with Crippen LogP contribution in [-0.2, 0) is 23.1 Å². The molecule has 2 aliphatic heterocycles. The molecule has 0 aliphatic carbocycles. The quantitative estimate of drug-likeness (QED) is 0.674. The molecule has 1 unspecified atom stereocenters. The molecular formula is C19H26F3N7O4. The van der Waals surface area contributed by atoms with Crippen molar-refractivity contribution in [3.8, 4) is 0 Å². The van der Waals surface area contributed by atoms with E-state index in [1.54, 1.807) is 23.3 Å². The van der Waals surface area contributed by atoms with Gasteiger partial charge < -0.3 is 19.3 Å². The van der Waals surface area contributed by atoms with Crippen LogP contribution < -0.4 is 0 Å². The summed E-state index contributed by atoms with van der Waals surface area (Å²) in [7, 11) is 1.88. The summed E-state index contributed by atoms with van der Waals surface area (Å²) < 4.78 is 39.5. The van der Waals surface area contributed by atoms with Crippen molar-refractivity contribution in [3.05, 3.63) is 30.1 Å². The van der Waals surface area contributed by atoms with Gasteiger partial charge in [0.1, 0.15) is 5.69 Å². The van der Waals surface area contributed by atoms with Crippen LogP contribution in [0.2, 0.25) is 0 Å². The van der Waals surface area contributed by atoms with Crippen molar-refractivity contribution in [1.82, 2.24) is 34.8 Å². The van der Waals surface area contributed by atoms with Crippen LogP contribution in [0.4, 0.5) is 13.2 Å². The fourth-order valence-corrected chi connectivity index (χ4v) is 4.06. The molecule has 2 aromatic rings. The van der Waals surface area contributed by atoms with E-state index in [-0.39, 0.29) is 11.3 Å². The van der Waals surface area contributed by atoms with Crippen molar-refractivity contribution >= 4 is 11.9 Å². The maximum atomic E-state index is 12.8.